The van der Waals surface area contributed by atoms with Gasteiger partial charge in [-0.2, -0.15) is 21.4 Å². The quantitative estimate of drug-likeness (QED) is 0.104. The van der Waals surface area contributed by atoms with Crippen LogP contribution in [-0.2, 0) is 26.8 Å². The Kier molecular flexibility index (Phi) is 9.47. The van der Waals surface area contributed by atoms with E-state index in [0.29, 0.717) is 53.0 Å². The van der Waals surface area contributed by atoms with Crippen molar-refractivity contribution in [3.8, 4) is 16.9 Å². The number of oxazole rings is 1. The molecule has 2 N–H and O–H groups in total. The van der Waals surface area contributed by atoms with Crippen molar-refractivity contribution in [3.63, 3.8) is 0 Å². The summed E-state index contributed by atoms with van der Waals surface area (Å²) in [7, 11) is -8.32. The molecule has 0 amide bonds. The number of fused-ring (bicyclic) bond motifs is 2. The number of allylic oxidation sites excluding steroid dienone is 2. The van der Waals surface area contributed by atoms with Gasteiger partial charge in [0, 0.05) is 23.7 Å². The molecular formula is C31H32ClN2O8S2+. The van der Waals surface area contributed by atoms with Crippen LogP contribution in [0.4, 0.5) is 5.69 Å². The highest BCUT2D eigenvalue weighted by Crippen LogP contribution is 2.41. The first kappa shape index (κ1) is 31.7. The highest BCUT2D eigenvalue weighted by molar-refractivity contribution is 7.86. The molecule has 0 spiro atoms. The van der Waals surface area contributed by atoms with Crippen molar-refractivity contribution in [1.29, 1.82) is 0 Å². The van der Waals surface area contributed by atoms with Gasteiger partial charge in [0.25, 0.3) is 25.8 Å². The number of unbranched alkanes of at least 4 members (excludes halogenated alkanes) is 1. The smallest absolute Gasteiger partial charge is 0.374 e. The Morgan fingerprint density at radius 2 is 1.68 bits per heavy atom. The minimum atomic E-state index is -4.25. The van der Waals surface area contributed by atoms with Crippen LogP contribution in [-0.4, -0.2) is 44.0 Å². The van der Waals surface area contributed by atoms with Crippen LogP contribution in [0.5, 0.6) is 5.75 Å². The summed E-state index contributed by atoms with van der Waals surface area (Å²) in [6.45, 7) is 2.33. The van der Waals surface area contributed by atoms with Gasteiger partial charge in [-0.1, -0.05) is 54.9 Å². The fourth-order valence-electron chi connectivity index (χ4n) is 4.99. The maximum Gasteiger partial charge on any atom is 0.374 e. The zero-order valence-corrected chi connectivity index (χ0v) is 26.3. The van der Waals surface area contributed by atoms with Gasteiger partial charge in [-0.05, 0) is 60.2 Å². The Morgan fingerprint density at radius 1 is 0.932 bits per heavy atom. The van der Waals surface area contributed by atoms with Crippen LogP contribution < -0.4 is 14.2 Å². The molecule has 44 heavy (non-hydrogen) atoms. The fraction of sp³-hybridized carbons (Fsp3) is 0.258. The summed E-state index contributed by atoms with van der Waals surface area (Å²) < 4.78 is 78.5. The van der Waals surface area contributed by atoms with E-state index in [0.717, 1.165) is 22.4 Å². The molecule has 0 atom stereocenters. The van der Waals surface area contributed by atoms with E-state index in [9.17, 15) is 21.4 Å². The second-order valence-corrected chi connectivity index (χ2v) is 13.9. The van der Waals surface area contributed by atoms with Gasteiger partial charge in [-0.3, -0.25) is 9.11 Å². The fourth-order valence-corrected chi connectivity index (χ4v) is 6.13. The van der Waals surface area contributed by atoms with Crippen LogP contribution in [0.3, 0.4) is 0 Å². The third-order valence-electron chi connectivity index (χ3n) is 7.16. The molecule has 5 rings (SSSR count). The number of hydrogen-bond acceptors (Lipinski definition) is 7. The summed E-state index contributed by atoms with van der Waals surface area (Å²) in [4.78, 5) is 1.89. The van der Waals surface area contributed by atoms with Crippen LogP contribution in [0.15, 0.2) is 88.7 Å². The number of aromatic nitrogens is 1. The second kappa shape index (κ2) is 13.1. The maximum absolute atomic E-state index is 11.7. The molecule has 4 aromatic rings. The number of ether oxygens (including phenoxy) is 1. The van der Waals surface area contributed by atoms with Gasteiger partial charge >= 0.3 is 5.89 Å². The Morgan fingerprint density at radius 3 is 2.39 bits per heavy atom. The Labute approximate surface area is 261 Å². The van der Waals surface area contributed by atoms with E-state index in [1.165, 1.54) is 0 Å². The monoisotopic (exact) mass is 659 g/mol. The molecule has 2 heterocycles. The highest BCUT2D eigenvalue weighted by Gasteiger charge is 2.28. The number of nitrogens with zero attached hydrogens (tertiary/aromatic N) is 2. The zero-order chi connectivity index (χ0) is 31.5. The average Bonchev–Trinajstić information content (AvgIpc) is 3.49. The van der Waals surface area contributed by atoms with Gasteiger partial charge in [-0.25, -0.2) is 0 Å². The minimum Gasteiger partial charge on any atom is -0.439 e. The van der Waals surface area contributed by atoms with Crippen molar-refractivity contribution in [2.24, 2.45) is 0 Å². The lowest BCUT2D eigenvalue weighted by molar-refractivity contribution is -0.673. The molecular weight excluding hydrogens is 628 g/mol. The molecule has 3 aromatic carbocycles. The lowest BCUT2D eigenvalue weighted by Gasteiger charge is -2.18. The molecule has 0 unspecified atom stereocenters. The van der Waals surface area contributed by atoms with E-state index in [4.69, 9.17) is 25.3 Å². The van der Waals surface area contributed by atoms with Crippen LogP contribution >= 0.6 is 11.6 Å². The number of benzene rings is 3. The molecule has 0 aliphatic carbocycles. The lowest BCUT2D eigenvalue weighted by Crippen LogP contribution is -2.38. The first-order valence-electron chi connectivity index (χ1n) is 14.0. The largest absolute Gasteiger partial charge is 0.439 e. The molecule has 1 aliphatic rings. The second-order valence-electron chi connectivity index (χ2n) is 10.3. The molecule has 232 valence electrons. The third-order valence-corrected chi connectivity index (χ3v) is 8.90. The third kappa shape index (κ3) is 7.88. The summed E-state index contributed by atoms with van der Waals surface area (Å²) in [5.74, 6) is 0.633. The number of hydrogen-bond donors (Lipinski definition) is 2. The van der Waals surface area contributed by atoms with Crippen molar-refractivity contribution < 1.29 is 39.7 Å². The predicted molar refractivity (Wildman–Crippen MR) is 170 cm³/mol. The SMILES string of the molecule is CCC(=Cc1oc2ccc(-c3ccccc3)cc2[n+]1CCS(=O)(=O)O)C=C1Oc2ccc(Cl)cc2N1CCCCS(=O)(=O)O. The van der Waals surface area contributed by atoms with Crippen LogP contribution in [0.2, 0.25) is 5.02 Å². The summed E-state index contributed by atoms with van der Waals surface area (Å²) in [6.07, 6.45) is 4.92. The molecule has 1 aliphatic heterocycles. The van der Waals surface area contributed by atoms with E-state index in [1.54, 1.807) is 28.8 Å². The van der Waals surface area contributed by atoms with Gasteiger partial charge in [-0.15, -0.1) is 0 Å². The van der Waals surface area contributed by atoms with E-state index >= 15 is 0 Å². The van der Waals surface area contributed by atoms with Crippen molar-refractivity contribution >= 4 is 54.7 Å². The molecule has 0 fully saturated rings. The number of rotatable bonds is 12. The van der Waals surface area contributed by atoms with E-state index in [2.05, 4.69) is 0 Å². The first-order chi connectivity index (χ1) is 20.9. The summed E-state index contributed by atoms with van der Waals surface area (Å²) in [6, 6.07) is 20.7. The van der Waals surface area contributed by atoms with Crippen molar-refractivity contribution in [2.45, 2.75) is 32.7 Å². The summed E-state index contributed by atoms with van der Waals surface area (Å²) in [5, 5.41) is 0.514. The molecule has 10 nitrogen and oxygen atoms in total. The van der Waals surface area contributed by atoms with Crippen LogP contribution in [0, 0.1) is 0 Å². The van der Waals surface area contributed by atoms with Gasteiger partial charge in [0.05, 0.1) is 17.5 Å². The summed E-state index contributed by atoms with van der Waals surface area (Å²) >= 11 is 6.26. The van der Waals surface area contributed by atoms with Crippen LogP contribution in [0.1, 0.15) is 32.1 Å². The van der Waals surface area contributed by atoms with Crippen molar-refractivity contribution in [2.75, 3.05) is 23.0 Å². The number of halogens is 1. The molecule has 13 heteroatoms. The molecule has 0 saturated heterocycles. The minimum absolute atomic E-state index is 0.0379. The lowest BCUT2D eigenvalue weighted by atomic mass is 10.1. The predicted octanol–water partition coefficient (Wildman–Crippen LogP) is 6.13. The topological polar surface area (TPSA) is 138 Å². The zero-order valence-electron chi connectivity index (χ0n) is 23.9. The highest BCUT2D eigenvalue weighted by atomic mass is 35.5. The first-order valence-corrected chi connectivity index (χ1v) is 17.6. The molecule has 1 aromatic heterocycles. The normalized spacial score (nSPS) is 14.8. The Balaban J connectivity index is 1.53. The van der Waals surface area contributed by atoms with Gasteiger partial charge in [0.2, 0.25) is 11.5 Å². The number of aryl methyl sites for hydroxylation is 1. The van der Waals surface area contributed by atoms with Crippen LogP contribution in [0.25, 0.3) is 28.3 Å². The molecule has 0 saturated carbocycles. The molecule has 0 radical (unpaired) electrons. The Hall–Kier alpha value is -3.68. The van der Waals surface area contributed by atoms with E-state index in [1.807, 2.05) is 66.4 Å². The van der Waals surface area contributed by atoms with Gasteiger partial charge in [0.1, 0.15) is 5.75 Å². The molecule has 0 bridgehead atoms. The van der Waals surface area contributed by atoms with Crippen molar-refractivity contribution in [1.82, 2.24) is 0 Å². The maximum atomic E-state index is 11.7. The van der Waals surface area contributed by atoms with Gasteiger partial charge < -0.3 is 14.1 Å². The average molecular weight is 660 g/mol. The van der Waals surface area contributed by atoms with Crippen molar-refractivity contribution in [3.05, 3.63) is 95.2 Å². The van der Waals surface area contributed by atoms with E-state index < -0.39 is 26.0 Å². The van der Waals surface area contributed by atoms with E-state index in [-0.39, 0.29) is 18.7 Å². The standard InChI is InChI=1S/C31H31ClN2O8S2/c1-2-22(18-30-33(14-6-7-16-43(35,36)37)27-21-25(32)11-13-29(27)42-30)19-31-34(15-17-44(38,39)40)26-20-24(10-12-28(26)41-31)23-8-4-3-5-9-23/h3-5,8-13,18-21H,2,6-7,14-17H2,1H3,(H-,35,36,37,38,39,40)/p+1. The van der Waals surface area contributed by atoms with Gasteiger partial charge in [0.15, 0.2) is 12.3 Å². The number of anilines is 1. The Bertz CT molecular complexity index is 1950. The summed E-state index contributed by atoms with van der Waals surface area (Å²) in [5.41, 5.74) is 4.66.